The van der Waals surface area contributed by atoms with Gasteiger partial charge >= 0.3 is 0 Å². The van der Waals surface area contributed by atoms with Crippen molar-refractivity contribution in [1.29, 1.82) is 0 Å². The SMILES string of the molecule is CCN=C(NC1CCN(Cc2ccsc2)CC1)NC1CC1c1ccccc1. The molecule has 0 amide bonds. The number of rotatable bonds is 6. The van der Waals surface area contributed by atoms with Gasteiger partial charge in [-0.2, -0.15) is 11.3 Å². The molecule has 5 heteroatoms. The number of hydrogen-bond acceptors (Lipinski definition) is 3. The van der Waals surface area contributed by atoms with Crippen LogP contribution < -0.4 is 10.6 Å². The highest BCUT2D eigenvalue weighted by Crippen LogP contribution is 2.40. The molecule has 0 spiro atoms. The topological polar surface area (TPSA) is 39.7 Å². The lowest BCUT2D eigenvalue weighted by Gasteiger charge is -2.33. The first-order chi connectivity index (χ1) is 13.3. The maximum absolute atomic E-state index is 4.69. The van der Waals surface area contributed by atoms with Crippen LogP contribution in [0.1, 0.15) is 43.2 Å². The van der Waals surface area contributed by atoms with Gasteiger partial charge in [-0.1, -0.05) is 30.3 Å². The molecule has 1 aromatic carbocycles. The minimum absolute atomic E-state index is 0.517. The Morgan fingerprint density at radius 3 is 2.67 bits per heavy atom. The van der Waals surface area contributed by atoms with E-state index >= 15 is 0 Å². The molecule has 1 aliphatic heterocycles. The van der Waals surface area contributed by atoms with Gasteiger partial charge in [-0.15, -0.1) is 0 Å². The lowest BCUT2D eigenvalue weighted by atomic mass is 10.0. The van der Waals surface area contributed by atoms with Crippen molar-refractivity contribution in [3.8, 4) is 0 Å². The number of likely N-dealkylation sites (tertiary alicyclic amines) is 1. The van der Waals surface area contributed by atoms with Crippen molar-refractivity contribution in [3.63, 3.8) is 0 Å². The Morgan fingerprint density at radius 2 is 1.96 bits per heavy atom. The van der Waals surface area contributed by atoms with Crippen molar-refractivity contribution in [3.05, 3.63) is 58.3 Å². The summed E-state index contributed by atoms with van der Waals surface area (Å²) in [5.74, 6) is 1.62. The van der Waals surface area contributed by atoms with Gasteiger partial charge in [0.1, 0.15) is 0 Å². The molecule has 2 fully saturated rings. The Balaban J connectivity index is 1.24. The van der Waals surface area contributed by atoms with E-state index in [9.17, 15) is 0 Å². The van der Waals surface area contributed by atoms with Gasteiger partial charge in [0.25, 0.3) is 0 Å². The number of piperidine rings is 1. The molecule has 0 bridgehead atoms. The lowest BCUT2D eigenvalue weighted by molar-refractivity contribution is 0.198. The third kappa shape index (κ3) is 5.11. The van der Waals surface area contributed by atoms with Crippen LogP contribution in [0.4, 0.5) is 0 Å². The second kappa shape index (κ2) is 8.89. The molecule has 2 heterocycles. The lowest BCUT2D eigenvalue weighted by Crippen LogP contribution is -2.49. The molecule has 2 unspecified atom stereocenters. The fourth-order valence-electron chi connectivity index (χ4n) is 3.96. The van der Waals surface area contributed by atoms with E-state index < -0.39 is 0 Å². The average Bonchev–Trinajstić information content (AvgIpc) is 3.27. The van der Waals surface area contributed by atoms with Gasteiger partial charge in [0.2, 0.25) is 0 Å². The van der Waals surface area contributed by atoms with Crippen LogP contribution in [0.3, 0.4) is 0 Å². The molecule has 1 aliphatic carbocycles. The maximum Gasteiger partial charge on any atom is 0.191 e. The number of thiophene rings is 1. The Morgan fingerprint density at radius 1 is 1.15 bits per heavy atom. The van der Waals surface area contributed by atoms with Crippen molar-refractivity contribution in [2.45, 2.75) is 50.7 Å². The van der Waals surface area contributed by atoms with E-state index in [0.717, 1.165) is 32.1 Å². The second-order valence-electron chi connectivity index (χ2n) is 7.65. The highest BCUT2D eigenvalue weighted by Gasteiger charge is 2.39. The first-order valence-electron chi connectivity index (χ1n) is 10.2. The summed E-state index contributed by atoms with van der Waals surface area (Å²) in [6.07, 6.45) is 3.57. The molecule has 4 rings (SSSR count). The third-order valence-electron chi connectivity index (χ3n) is 5.57. The molecule has 1 saturated carbocycles. The fraction of sp³-hybridized carbons (Fsp3) is 0.500. The predicted molar refractivity (Wildman–Crippen MR) is 114 cm³/mol. The average molecular weight is 383 g/mol. The number of hydrogen-bond donors (Lipinski definition) is 2. The van der Waals surface area contributed by atoms with Crippen LogP contribution in [0.5, 0.6) is 0 Å². The predicted octanol–water partition coefficient (Wildman–Crippen LogP) is 3.82. The van der Waals surface area contributed by atoms with Crippen LogP contribution in [0.15, 0.2) is 52.2 Å². The number of nitrogens with one attached hydrogen (secondary N) is 2. The fourth-order valence-corrected chi connectivity index (χ4v) is 4.62. The van der Waals surface area contributed by atoms with Gasteiger partial charge in [0.05, 0.1) is 0 Å². The highest BCUT2D eigenvalue weighted by molar-refractivity contribution is 7.07. The first-order valence-corrected chi connectivity index (χ1v) is 11.1. The standard InChI is InChI=1S/C22H30N4S/c1-2-23-22(25-21-14-20(21)18-6-4-3-5-7-18)24-19-8-11-26(12-9-19)15-17-10-13-27-16-17/h3-7,10,13,16,19-21H,2,8-9,11-12,14-15H2,1H3,(H2,23,24,25). The summed E-state index contributed by atoms with van der Waals surface area (Å²) >= 11 is 1.79. The van der Waals surface area contributed by atoms with Crippen molar-refractivity contribution < 1.29 is 0 Å². The van der Waals surface area contributed by atoms with Crippen LogP contribution >= 0.6 is 11.3 Å². The van der Waals surface area contributed by atoms with E-state index in [2.05, 4.69) is 74.6 Å². The van der Waals surface area contributed by atoms with E-state index in [1.54, 1.807) is 11.3 Å². The van der Waals surface area contributed by atoms with Crippen LogP contribution in [-0.2, 0) is 6.54 Å². The zero-order valence-corrected chi connectivity index (χ0v) is 16.9. The molecule has 1 aromatic heterocycles. The summed E-state index contributed by atoms with van der Waals surface area (Å²) in [6.45, 7) is 6.32. The molecular weight excluding hydrogens is 352 g/mol. The van der Waals surface area contributed by atoms with Crippen LogP contribution in [0, 0.1) is 0 Å². The van der Waals surface area contributed by atoms with Crippen molar-refractivity contribution in [2.24, 2.45) is 4.99 Å². The van der Waals surface area contributed by atoms with Gasteiger partial charge in [0, 0.05) is 44.2 Å². The quantitative estimate of drug-likeness (QED) is 0.589. The first kappa shape index (κ1) is 18.5. The Labute approximate surface area is 166 Å². The van der Waals surface area contributed by atoms with Gasteiger partial charge in [0.15, 0.2) is 5.96 Å². The molecule has 2 aliphatic rings. The molecule has 4 nitrogen and oxygen atoms in total. The molecular formula is C22H30N4S. The minimum Gasteiger partial charge on any atom is -0.354 e. The Kier molecular flexibility index (Phi) is 6.10. The third-order valence-corrected chi connectivity index (χ3v) is 6.30. The molecule has 1 saturated heterocycles. The number of nitrogens with zero attached hydrogens (tertiary/aromatic N) is 2. The summed E-state index contributed by atoms with van der Waals surface area (Å²) in [5, 5.41) is 11.8. The zero-order valence-electron chi connectivity index (χ0n) is 16.1. The van der Waals surface area contributed by atoms with Crippen molar-refractivity contribution in [2.75, 3.05) is 19.6 Å². The summed E-state index contributed by atoms with van der Waals surface area (Å²) in [5.41, 5.74) is 2.88. The molecule has 0 radical (unpaired) electrons. The highest BCUT2D eigenvalue weighted by atomic mass is 32.1. The summed E-state index contributed by atoms with van der Waals surface area (Å²) < 4.78 is 0. The smallest absolute Gasteiger partial charge is 0.191 e. The zero-order chi connectivity index (χ0) is 18.5. The molecule has 144 valence electrons. The van der Waals surface area contributed by atoms with Crippen molar-refractivity contribution >= 4 is 17.3 Å². The van der Waals surface area contributed by atoms with E-state index in [-0.39, 0.29) is 0 Å². The van der Waals surface area contributed by atoms with Gasteiger partial charge in [-0.05, 0) is 54.1 Å². The summed E-state index contributed by atoms with van der Waals surface area (Å²) in [7, 11) is 0. The largest absolute Gasteiger partial charge is 0.354 e. The monoisotopic (exact) mass is 382 g/mol. The molecule has 27 heavy (non-hydrogen) atoms. The second-order valence-corrected chi connectivity index (χ2v) is 8.43. The number of aliphatic imine (C=N–C) groups is 1. The summed E-state index contributed by atoms with van der Waals surface area (Å²) in [4.78, 5) is 7.25. The van der Waals surface area contributed by atoms with Crippen LogP contribution in [-0.4, -0.2) is 42.6 Å². The summed E-state index contributed by atoms with van der Waals surface area (Å²) in [6, 6.07) is 14.1. The van der Waals surface area contributed by atoms with E-state index in [4.69, 9.17) is 0 Å². The van der Waals surface area contributed by atoms with E-state index in [0.29, 0.717) is 18.0 Å². The van der Waals surface area contributed by atoms with Gasteiger partial charge < -0.3 is 10.6 Å². The Hall–Kier alpha value is -1.85. The number of guanidine groups is 1. The minimum atomic E-state index is 0.517. The molecule has 2 aromatic rings. The van der Waals surface area contributed by atoms with Crippen molar-refractivity contribution in [1.82, 2.24) is 15.5 Å². The number of benzene rings is 1. The molecule has 2 atom stereocenters. The van der Waals surface area contributed by atoms with E-state index in [1.165, 1.54) is 30.4 Å². The van der Waals surface area contributed by atoms with Gasteiger partial charge in [-0.3, -0.25) is 9.89 Å². The van der Waals surface area contributed by atoms with E-state index in [1.807, 2.05) is 0 Å². The van der Waals surface area contributed by atoms with Gasteiger partial charge in [-0.25, -0.2) is 0 Å². The van der Waals surface area contributed by atoms with Crippen LogP contribution in [0.25, 0.3) is 0 Å². The van der Waals surface area contributed by atoms with Crippen LogP contribution in [0.2, 0.25) is 0 Å². The molecule has 2 N–H and O–H groups in total. The normalized spacial score (nSPS) is 24.0. The Bertz CT molecular complexity index is 720. The maximum atomic E-state index is 4.69.